The summed E-state index contributed by atoms with van der Waals surface area (Å²) in [5.41, 5.74) is 1.84. The van der Waals surface area contributed by atoms with Crippen LogP contribution in [0.4, 0.5) is 16.3 Å². The van der Waals surface area contributed by atoms with Gasteiger partial charge in [0.05, 0.1) is 18.4 Å². The maximum atomic E-state index is 11.9. The number of nitrogens with zero attached hydrogens (tertiary/aromatic N) is 2. The lowest BCUT2D eigenvalue weighted by Gasteiger charge is -2.14. The number of amides is 2. The number of para-hydroxylation sites is 1. The maximum absolute atomic E-state index is 11.9. The van der Waals surface area contributed by atoms with Gasteiger partial charge in [-0.25, -0.2) is 9.78 Å². The van der Waals surface area contributed by atoms with E-state index in [0.717, 1.165) is 18.0 Å². The fourth-order valence-electron chi connectivity index (χ4n) is 2.47. The Bertz CT molecular complexity index is 660. The first-order valence-corrected chi connectivity index (χ1v) is 7.54. The number of urea groups is 1. The second kappa shape index (κ2) is 6.56. The van der Waals surface area contributed by atoms with Crippen molar-refractivity contribution in [2.45, 2.75) is 12.5 Å². The number of pyridine rings is 1. The summed E-state index contributed by atoms with van der Waals surface area (Å²) in [5.74, 6) is 1.75. The van der Waals surface area contributed by atoms with Crippen molar-refractivity contribution in [1.29, 1.82) is 0 Å². The predicted molar refractivity (Wildman–Crippen MR) is 90.1 cm³/mol. The van der Waals surface area contributed by atoms with E-state index in [1.807, 2.05) is 55.4 Å². The normalized spacial score (nSPS) is 15.5. The van der Waals surface area contributed by atoms with Crippen LogP contribution in [0.2, 0.25) is 0 Å². The molecule has 0 spiro atoms. The summed E-state index contributed by atoms with van der Waals surface area (Å²) in [4.78, 5) is 18.1. The highest BCUT2D eigenvalue weighted by Crippen LogP contribution is 2.27. The number of hydrogen-bond acceptors (Lipinski definition) is 4. The van der Waals surface area contributed by atoms with E-state index in [2.05, 4.69) is 15.6 Å². The van der Waals surface area contributed by atoms with Crippen molar-refractivity contribution >= 4 is 17.5 Å². The molecule has 2 amide bonds. The van der Waals surface area contributed by atoms with Gasteiger partial charge in [-0.3, -0.25) is 0 Å². The Morgan fingerprint density at radius 1 is 1.30 bits per heavy atom. The van der Waals surface area contributed by atoms with Crippen LogP contribution in [0.25, 0.3) is 0 Å². The van der Waals surface area contributed by atoms with Crippen molar-refractivity contribution in [1.82, 2.24) is 10.3 Å². The molecule has 2 N–H and O–H groups in total. The molecular formula is C17H20N4O2. The molecule has 120 valence electrons. The van der Waals surface area contributed by atoms with E-state index in [1.54, 1.807) is 6.20 Å². The number of benzene rings is 1. The van der Waals surface area contributed by atoms with Crippen LogP contribution in [0.15, 0.2) is 42.6 Å². The van der Waals surface area contributed by atoms with Gasteiger partial charge in [0.2, 0.25) is 0 Å². The Labute approximate surface area is 135 Å². The molecule has 3 rings (SSSR count). The highest BCUT2D eigenvalue weighted by Gasteiger charge is 2.22. The Hall–Kier alpha value is -2.76. The van der Waals surface area contributed by atoms with Crippen LogP contribution in [0.5, 0.6) is 5.75 Å². The molecular weight excluding hydrogens is 292 g/mol. The summed E-state index contributed by atoms with van der Waals surface area (Å²) >= 11 is 0. The molecule has 0 fully saturated rings. The number of fused-ring (bicyclic) bond motifs is 1. The van der Waals surface area contributed by atoms with E-state index in [1.165, 1.54) is 5.56 Å². The molecule has 2 aromatic rings. The molecule has 0 saturated heterocycles. The van der Waals surface area contributed by atoms with Crippen LogP contribution in [-0.4, -0.2) is 37.8 Å². The number of rotatable bonds is 4. The summed E-state index contributed by atoms with van der Waals surface area (Å²) in [6.45, 7) is 0.462. The SMILES string of the molecule is CN(C)c1ccc(NC(=O)NCC2Cc3ccccc3O2)cn1. The highest BCUT2D eigenvalue weighted by molar-refractivity contribution is 5.89. The topological polar surface area (TPSA) is 66.5 Å². The average Bonchev–Trinajstić information content (AvgIpc) is 2.96. The van der Waals surface area contributed by atoms with Gasteiger partial charge in [-0.15, -0.1) is 0 Å². The molecule has 6 nitrogen and oxygen atoms in total. The van der Waals surface area contributed by atoms with Crippen LogP contribution in [0, 0.1) is 0 Å². The van der Waals surface area contributed by atoms with E-state index < -0.39 is 0 Å². The number of carbonyl (C=O) groups excluding carboxylic acids is 1. The maximum Gasteiger partial charge on any atom is 0.319 e. The van der Waals surface area contributed by atoms with Crippen molar-refractivity contribution in [3.8, 4) is 5.75 Å². The van der Waals surface area contributed by atoms with E-state index in [0.29, 0.717) is 12.2 Å². The number of nitrogens with one attached hydrogen (secondary N) is 2. The predicted octanol–water partition coefficient (Wildman–Crippen LogP) is 2.27. The first-order chi connectivity index (χ1) is 11.1. The molecule has 0 bridgehead atoms. The van der Waals surface area contributed by atoms with E-state index in [-0.39, 0.29) is 12.1 Å². The standard InChI is InChI=1S/C17H20N4O2/c1-21(2)16-8-7-13(10-18-16)20-17(22)19-11-14-9-12-5-3-4-6-15(12)23-14/h3-8,10,14H,9,11H2,1-2H3,(H2,19,20,22). The summed E-state index contributed by atoms with van der Waals surface area (Å²) in [5, 5.41) is 5.60. The van der Waals surface area contributed by atoms with Gasteiger partial charge in [0.25, 0.3) is 0 Å². The van der Waals surface area contributed by atoms with Crippen LogP contribution in [-0.2, 0) is 6.42 Å². The number of hydrogen-bond donors (Lipinski definition) is 2. The van der Waals surface area contributed by atoms with Gasteiger partial charge < -0.3 is 20.3 Å². The highest BCUT2D eigenvalue weighted by atomic mass is 16.5. The first kappa shape index (κ1) is 15.1. The molecule has 1 aliphatic rings. The average molecular weight is 312 g/mol. The monoisotopic (exact) mass is 312 g/mol. The van der Waals surface area contributed by atoms with E-state index >= 15 is 0 Å². The van der Waals surface area contributed by atoms with Gasteiger partial charge in [-0.05, 0) is 23.8 Å². The quantitative estimate of drug-likeness (QED) is 0.909. The zero-order valence-corrected chi connectivity index (χ0v) is 13.2. The van der Waals surface area contributed by atoms with Gasteiger partial charge in [0, 0.05) is 20.5 Å². The van der Waals surface area contributed by atoms with Gasteiger partial charge in [0.1, 0.15) is 17.7 Å². The minimum atomic E-state index is -0.260. The Morgan fingerprint density at radius 3 is 2.83 bits per heavy atom. The lowest BCUT2D eigenvalue weighted by Crippen LogP contribution is -2.37. The Balaban J connectivity index is 1.47. The molecule has 1 unspecified atom stereocenters. The zero-order chi connectivity index (χ0) is 16.2. The van der Waals surface area contributed by atoms with Crippen molar-refractivity contribution in [2.75, 3.05) is 30.9 Å². The van der Waals surface area contributed by atoms with Crippen LogP contribution >= 0.6 is 0 Å². The van der Waals surface area contributed by atoms with Crippen molar-refractivity contribution < 1.29 is 9.53 Å². The summed E-state index contributed by atoms with van der Waals surface area (Å²) in [7, 11) is 3.84. The Kier molecular flexibility index (Phi) is 4.32. The molecule has 6 heteroatoms. The minimum Gasteiger partial charge on any atom is -0.488 e. The van der Waals surface area contributed by atoms with E-state index in [9.17, 15) is 4.79 Å². The van der Waals surface area contributed by atoms with Crippen molar-refractivity contribution in [2.24, 2.45) is 0 Å². The molecule has 0 saturated carbocycles. The number of ether oxygens (including phenoxy) is 1. The third-order valence-corrected chi connectivity index (χ3v) is 3.67. The molecule has 1 aromatic heterocycles. The lowest BCUT2D eigenvalue weighted by atomic mass is 10.1. The minimum absolute atomic E-state index is 0.0209. The molecule has 0 radical (unpaired) electrons. The van der Waals surface area contributed by atoms with Crippen LogP contribution in [0.1, 0.15) is 5.56 Å². The number of aromatic nitrogens is 1. The Morgan fingerprint density at radius 2 is 2.13 bits per heavy atom. The summed E-state index contributed by atoms with van der Waals surface area (Å²) in [6, 6.07) is 11.4. The molecule has 1 aliphatic heterocycles. The zero-order valence-electron chi connectivity index (χ0n) is 13.2. The summed E-state index contributed by atoms with van der Waals surface area (Å²) < 4.78 is 5.79. The van der Waals surface area contributed by atoms with Gasteiger partial charge >= 0.3 is 6.03 Å². The van der Waals surface area contributed by atoms with Gasteiger partial charge in [-0.2, -0.15) is 0 Å². The fraction of sp³-hybridized carbons (Fsp3) is 0.294. The van der Waals surface area contributed by atoms with Crippen LogP contribution in [0.3, 0.4) is 0 Å². The molecule has 2 heterocycles. The van der Waals surface area contributed by atoms with Gasteiger partial charge in [0.15, 0.2) is 0 Å². The molecule has 0 aliphatic carbocycles. The van der Waals surface area contributed by atoms with Crippen molar-refractivity contribution in [3.63, 3.8) is 0 Å². The molecule has 23 heavy (non-hydrogen) atoms. The third-order valence-electron chi connectivity index (χ3n) is 3.67. The smallest absolute Gasteiger partial charge is 0.319 e. The lowest BCUT2D eigenvalue weighted by molar-refractivity contribution is 0.219. The largest absolute Gasteiger partial charge is 0.488 e. The van der Waals surface area contributed by atoms with E-state index in [4.69, 9.17) is 4.74 Å². The number of anilines is 2. The third kappa shape index (κ3) is 3.71. The molecule has 1 atom stereocenters. The molecule has 1 aromatic carbocycles. The second-order valence-corrected chi connectivity index (χ2v) is 5.69. The first-order valence-electron chi connectivity index (χ1n) is 7.54. The second-order valence-electron chi connectivity index (χ2n) is 5.69. The van der Waals surface area contributed by atoms with Gasteiger partial charge in [-0.1, -0.05) is 18.2 Å². The number of carbonyl (C=O) groups is 1. The fourth-order valence-corrected chi connectivity index (χ4v) is 2.47. The van der Waals surface area contributed by atoms with Crippen molar-refractivity contribution in [3.05, 3.63) is 48.2 Å². The summed E-state index contributed by atoms with van der Waals surface area (Å²) in [6.07, 6.45) is 2.43. The van der Waals surface area contributed by atoms with Crippen LogP contribution < -0.4 is 20.3 Å².